The lowest BCUT2D eigenvalue weighted by Crippen LogP contribution is -2.08. The Bertz CT molecular complexity index is 825. The third-order valence-electron chi connectivity index (χ3n) is 3.56. The molecule has 1 aromatic heterocycles. The van der Waals surface area contributed by atoms with E-state index in [1.165, 1.54) is 0 Å². The Kier molecular flexibility index (Phi) is 4.25. The molecule has 2 N–H and O–H groups in total. The van der Waals surface area contributed by atoms with E-state index in [0.29, 0.717) is 19.1 Å². The molecule has 6 nitrogen and oxygen atoms in total. The summed E-state index contributed by atoms with van der Waals surface area (Å²) in [6, 6.07) is 14.5. The van der Waals surface area contributed by atoms with Gasteiger partial charge in [-0.3, -0.25) is 0 Å². The number of anilines is 2. The van der Waals surface area contributed by atoms with Crippen LogP contribution in [0.2, 0.25) is 0 Å². The van der Waals surface area contributed by atoms with Crippen LogP contribution in [0.5, 0.6) is 0 Å². The van der Waals surface area contributed by atoms with Crippen LogP contribution >= 0.6 is 0 Å². The number of carboxylic acids is 1. The van der Waals surface area contributed by atoms with Gasteiger partial charge in [-0.2, -0.15) is 0 Å². The molecular formula is C17H17N3O3. The van der Waals surface area contributed by atoms with Crippen LogP contribution < -0.4 is 5.32 Å². The molecule has 0 spiro atoms. The highest BCUT2D eigenvalue weighted by molar-refractivity contribution is 5.88. The Hall–Kier alpha value is -2.86. The average molecular weight is 311 g/mol. The van der Waals surface area contributed by atoms with E-state index in [0.717, 1.165) is 16.7 Å². The highest BCUT2D eigenvalue weighted by atomic mass is 16.5. The number of nitrogens with one attached hydrogen (secondary N) is 1. The first-order valence-corrected chi connectivity index (χ1v) is 7.23. The molecule has 0 amide bonds. The Morgan fingerprint density at radius 3 is 2.65 bits per heavy atom. The lowest BCUT2D eigenvalue weighted by Gasteiger charge is -2.10. The van der Waals surface area contributed by atoms with Gasteiger partial charge in [0.05, 0.1) is 23.2 Å². The number of aromatic carboxylic acids is 1. The first-order valence-electron chi connectivity index (χ1n) is 7.23. The summed E-state index contributed by atoms with van der Waals surface area (Å²) < 4.78 is 7.22. The summed E-state index contributed by atoms with van der Waals surface area (Å²) in [7, 11) is 1.66. The van der Waals surface area contributed by atoms with Crippen molar-refractivity contribution in [1.82, 2.24) is 9.55 Å². The minimum atomic E-state index is -0.941. The van der Waals surface area contributed by atoms with Crippen LogP contribution in [0.1, 0.15) is 10.4 Å². The van der Waals surface area contributed by atoms with Gasteiger partial charge in [-0.15, -0.1) is 0 Å². The Morgan fingerprint density at radius 2 is 1.96 bits per heavy atom. The van der Waals surface area contributed by atoms with E-state index in [9.17, 15) is 4.79 Å². The average Bonchev–Trinajstić information content (AvgIpc) is 2.90. The molecule has 0 unspecified atom stereocenters. The van der Waals surface area contributed by atoms with Crippen LogP contribution in [0.4, 0.5) is 11.6 Å². The maximum absolute atomic E-state index is 10.9. The topological polar surface area (TPSA) is 76.4 Å². The zero-order valence-electron chi connectivity index (χ0n) is 12.7. The molecule has 1 heterocycles. The minimum Gasteiger partial charge on any atom is -0.478 e. The van der Waals surface area contributed by atoms with Crippen molar-refractivity contribution in [3.63, 3.8) is 0 Å². The van der Waals surface area contributed by atoms with Crippen molar-refractivity contribution >= 4 is 28.6 Å². The van der Waals surface area contributed by atoms with E-state index < -0.39 is 5.97 Å². The Labute approximate surface area is 133 Å². The highest BCUT2D eigenvalue weighted by Crippen LogP contribution is 2.23. The Balaban J connectivity index is 1.93. The summed E-state index contributed by atoms with van der Waals surface area (Å²) in [6.45, 7) is 1.25. The number of aromatic nitrogens is 2. The van der Waals surface area contributed by atoms with Crippen molar-refractivity contribution in [2.75, 3.05) is 19.0 Å². The summed E-state index contributed by atoms with van der Waals surface area (Å²) in [6.07, 6.45) is 0. The van der Waals surface area contributed by atoms with E-state index in [1.807, 2.05) is 28.8 Å². The van der Waals surface area contributed by atoms with Crippen LogP contribution in [0, 0.1) is 0 Å². The smallest absolute Gasteiger partial charge is 0.335 e. The maximum Gasteiger partial charge on any atom is 0.335 e. The molecule has 0 saturated heterocycles. The van der Waals surface area contributed by atoms with Crippen molar-refractivity contribution < 1.29 is 14.6 Å². The third-order valence-corrected chi connectivity index (χ3v) is 3.56. The van der Waals surface area contributed by atoms with Crippen LogP contribution in [0.15, 0.2) is 48.5 Å². The predicted octanol–water partition coefficient (Wildman–Crippen LogP) is 3.12. The predicted molar refractivity (Wildman–Crippen MR) is 88.3 cm³/mol. The molecule has 118 valence electrons. The van der Waals surface area contributed by atoms with Crippen LogP contribution in [0.3, 0.4) is 0 Å². The minimum absolute atomic E-state index is 0.253. The zero-order valence-corrected chi connectivity index (χ0v) is 12.7. The van der Waals surface area contributed by atoms with Gasteiger partial charge in [0.2, 0.25) is 5.95 Å². The largest absolute Gasteiger partial charge is 0.478 e. The molecule has 0 aliphatic rings. The number of hydrogen-bond donors (Lipinski definition) is 2. The first-order chi connectivity index (χ1) is 11.2. The van der Waals surface area contributed by atoms with Crippen molar-refractivity contribution in [2.45, 2.75) is 6.54 Å². The van der Waals surface area contributed by atoms with Gasteiger partial charge >= 0.3 is 5.97 Å². The number of rotatable bonds is 6. The monoisotopic (exact) mass is 311 g/mol. The number of imidazole rings is 1. The van der Waals surface area contributed by atoms with Gasteiger partial charge < -0.3 is 19.7 Å². The van der Waals surface area contributed by atoms with Gasteiger partial charge in [0.1, 0.15) is 0 Å². The van der Waals surface area contributed by atoms with Crippen molar-refractivity contribution in [3.05, 3.63) is 54.1 Å². The molecule has 23 heavy (non-hydrogen) atoms. The molecule has 6 heteroatoms. The maximum atomic E-state index is 10.9. The summed E-state index contributed by atoms with van der Waals surface area (Å²) in [4.78, 5) is 15.5. The number of hydrogen-bond acceptors (Lipinski definition) is 4. The molecule has 0 bridgehead atoms. The molecule has 0 fully saturated rings. The highest BCUT2D eigenvalue weighted by Gasteiger charge is 2.10. The SMILES string of the molecule is COCCn1c(Nc2ccc(C(=O)O)cc2)nc2ccccc21. The number of para-hydroxylation sites is 2. The quantitative estimate of drug-likeness (QED) is 0.731. The number of carbonyl (C=O) groups is 1. The molecule has 2 aromatic carbocycles. The van der Waals surface area contributed by atoms with E-state index >= 15 is 0 Å². The van der Waals surface area contributed by atoms with E-state index in [4.69, 9.17) is 9.84 Å². The molecule has 0 saturated carbocycles. The fourth-order valence-electron chi connectivity index (χ4n) is 2.41. The second-order valence-corrected chi connectivity index (χ2v) is 5.08. The molecule has 0 aliphatic carbocycles. The summed E-state index contributed by atoms with van der Waals surface area (Å²) in [5, 5.41) is 12.2. The summed E-state index contributed by atoms with van der Waals surface area (Å²) in [5.41, 5.74) is 2.95. The summed E-state index contributed by atoms with van der Waals surface area (Å²) in [5.74, 6) is -0.241. The van der Waals surface area contributed by atoms with Crippen molar-refractivity contribution in [1.29, 1.82) is 0 Å². The van der Waals surface area contributed by atoms with Gasteiger partial charge in [0, 0.05) is 19.3 Å². The van der Waals surface area contributed by atoms with Gasteiger partial charge in [-0.05, 0) is 36.4 Å². The molecule has 0 radical (unpaired) electrons. The van der Waals surface area contributed by atoms with Crippen molar-refractivity contribution in [3.8, 4) is 0 Å². The number of carboxylic acid groups (broad SMARTS) is 1. The molecule has 3 aromatic rings. The van der Waals surface area contributed by atoms with Crippen LogP contribution in [-0.4, -0.2) is 34.3 Å². The number of ether oxygens (including phenoxy) is 1. The van der Waals surface area contributed by atoms with Gasteiger partial charge in [0.15, 0.2) is 0 Å². The molecule has 3 rings (SSSR count). The molecule has 0 atom stereocenters. The third kappa shape index (κ3) is 3.17. The van der Waals surface area contributed by atoms with Gasteiger partial charge in [-0.1, -0.05) is 12.1 Å². The van der Waals surface area contributed by atoms with Gasteiger partial charge in [0.25, 0.3) is 0 Å². The second-order valence-electron chi connectivity index (χ2n) is 5.08. The number of nitrogens with zero attached hydrogens (tertiary/aromatic N) is 2. The number of benzene rings is 2. The van der Waals surface area contributed by atoms with Crippen LogP contribution in [-0.2, 0) is 11.3 Å². The molecule has 0 aliphatic heterocycles. The zero-order chi connectivity index (χ0) is 16.2. The number of methoxy groups -OCH3 is 1. The Morgan fingerprint density at radius 1 is 1.22 bits per heavy atom. The lowest BCUT2D eigenvalue weighted by atomic mass is 10.2. The van der Waals surface area contributed by atoms with E-state index in [1.54, 1.807) is 31.4 Å². The standard InChI is InChI=1S/C17H17N3O3/c1-23-11-10-20-15-5-3-2-4-14(15)19-17(20)18-13-8-6-12(7-9-13)16(21)22/h2-9H,10-11H2,1H3,(H,18,19)(H,21,22). The fraction of sp³-hybridized carbons (Fsp3) is 0.176. The van der Waals surface area contributed by atoms with Crippen LogP contribution in [0.25, 0.3) is 11.0 Å². The van der Waals surface area contributed by atoms with E-state index in [2.05, 4.69) is 10.3 Å². The first kappa shape index (κ1) is 15.1. The second kappa shape index (κ2) is 6.50. The van der Waals surface area contributed by atoms with Crippen molar-refractivity contribution in [2.24, 2.45) is 0 Å². The molecular weight excluding hydrogens is 294 g/mol. The fourth-order valence-corrected chi connectivity index (χ4v) is 2.41. The lowest BCUT2D eigenvalue weighted by molar-refractivity contribution is 0.0697. The van der Waals surface area contributed by atoms with Gasteiger partial charge in [-0.25, -0.2) is 9.78 Å². The normalized spacial score (nSPS) is 10.8. The number of fused-ring (bicyclic) bond motifs is 1. The van der Waals surface area contributed by atoms with E-state index in [-0.39, 0.29) is 5.56 Å². The summed E-state index contributed by atoms with van der Waals surface area (Å²) >= 11 is 0.